The van der Waals surface area contributed by atoms with Gasteiger partial charge in [0.15, 0.2) is 0 Å². The van der Waals surface area contributed by atoms with Gasteiger partial charge in [0.2, 0.25) is 0 Å². The van der Waals surface area contributed by atoms with Crippen molar-refractivity contribution in [1.29, 1.82) is 0 Å². The number of thiophene rings is 3. The summed E-state index contributed by atoms with van der Waals surface area (Å²) in [7, 11) is -0.624. The van der Waals surface area contributed by atoms with Crippen molar-refractivity contribution in [2.75, 3.05) is 0 Å². The zero-order valence-corrected chi connectivity index (χ0v) is 22.9. The third kappa shape index (κ3) is 4.10. The van der Waals surface area contributed by atoms with Crippen molar-refractivity contribution in [3.8, 4) is 19.5 Å². The summed E-state index contributed by atoms with van der Waals surface area (Å²) in [6.07, 6.45) is 0. The lowest BCUT2D eigenvalue weighted by Crippen LogP contribution is -2.41. The van der Waals surface area contributed by atoms with E-state index in [1.807, 2.05) is 11.3 Å². The van der Waals surface area contributed by atoms with Gasteiger partial charge >= 0.3 is 14.2 Å². The van der Waals surface area contributed by atoms with Crippen molar-refractivity contribution in [2.45, 2.75) is 77.8 Å². The maximum atomic E-state index is 6.22. The summed E-state index contributed by atoms with van der Waals surface area (Å²) < 4.78 is 27.1. The van der Waals surface area contributed by atoms with E-state index in [9.17, 15) is 0 Å². The Kier molecular flexibility index (Phi) is 5.61. The van der Waals surface area contributed by atoms with Crippen LogP contribution >= 0.6 is 34.0 Å². The second kappa shape index (κ2) is 7.79. The molecule has 0 unspecified atom stereocenters. The van der Waals surface area contributed by atoms with Gasteiger partial charge in [-0.1, -0.05) is 12.1 Å². The highest BCUT2D eigenvalue weighted by Crippen LogP contribution is 2.41. The zero-order valence-electron chi connectivity index (χ0n) is 20.5. The largest absolute Gasteiger partial charge is 0.505 e. The maximum Gasteiger partial charge on any atom is 0.505 e. The quantitative estimate of drug-likeness (QED) is 0.425. The van der Waals surface area contributed by atoms with Crippen LogP contribution in [-0.4, -0.2) is 36.6 Å². The number of hydrogen-bond acceptors (Lipinski definition) is 7. The average Bonchev–Trinajstić information content (AvgIpc) is 3.48. The highest BCUT2D eigenvalue weighted by atomic mass is 32.1. The van der Waals surface area contributed by atoms with Crippen molar-refractivity contribution in [3.63, 3.8) is 0 Å². The van der Waals surface area contributed by atoms with Gasteiger partial charge in [-0.15, -0.1) is 34.0 Å². The van der Waals surface area contributed by atoms with Gasteiger partial charge in [0.1, 0.15) is 0 Å². The molecule has 0 amide bonds. The first-order chi connectivity index (χ1) is 15.3. The summed E-state index contributed by atoms with van der Waals surface area (Å²) in [6.45, 7) is 16.7. The molecule has 2 aliphatic heterocycles. The van der Waals surface area contributed by atoms with Crippen LogP contribution in [0.1, 0.15) is 55.4 Å². The smallest absolute Gasteiger partial charge is 0.399 e. The Morgan fingerprint density at radius 2 is 0.727 bits per heavy atom. The molecule has 5 rings (SSSR count). The topological polar surface area (TPSA) is 36.9 Å². The third-order valence-corrected chi connectivity index (χ3v) is 11.0. The standard InChI is InChI=1S/C24H30B2O4S3/c1-21(2)22(3,4)28-25(27-21)19-13-11-17(32-19)15-9-10-16(31-15)18-12-14-20(33-18)26-29-23(5,6)24(7,8)30-26/h9-14H,1-8H3. The molecule has 9 heteroatoms. The van der Waals surface area contributed by atoms with E-state index in [1.54, 1.807) is 22.7 Å². The lowest BCUT2D eigenvalue weighted by atomic mass is 9.88. The van der Waals surface area contributed by atoms with E-state index in [0.29, 0.717) is 0 Å². The number of hydrogen-bond donors (Lipinski definition) is 0. The average molecular weight is 500 g/mol. The van der Waals surface area contributed by atoms with Crippen LogP contribution in [0.4, 0.5) is 0 Å². The molecule has 3 aromatic heterocycles. The molecule has 0 bridgehead atoms. The second-order valence-corrected chi connectivity index (χ2v) is 14.1. The Balaban J connectivity index is 1.32. The van der Waals surface area contributed by atoms with Crippen molar-refractivity contribution < 1.29 is 18.6 Å². The molecule has 4 nitrogen and oxygen atoms in total. The summed E-state index contributed by atoms with van der Waals surface area (Å²) in [5.74, 6) is 0. The SMILES string of the molecule is CC1(C)OB(c2ccc(-c3ccc(-c4ccc(B5OC(C)(C)C(C)(C)O5)s4)s3)s2)OC1(C)C. The summed E-state index contributed by atoms with van der Waals surface area (Å²) in [4.78, 5) is 4.98. The predicted molar refractivity (Wildman–Crippen MR) is 142 cm³/mol. The molecule has 0 atom stereocenters. The van der Waals surface area contributed by atoms with E-state index in [1.165, 1.54) is 19.5 Å². The van der Waals surface area contributed by atoms with Crippen LogP contribution < -0.4 is 9.55 Å². The van der Waals surface area contributed by atoms with Crippen molar-refractivity contribution in [2.24, 2.45) is 0 Å². The second-order valence-electron chi connectivity index (χ2n) is 10.7. The molecule has 174 valence electrons. The normalized spacial score (nSPS) is 22.9. The summed E-state index contributed by atoms with van der Waals surface area (Å²) in [6, 6.07) is 13.0. The molecular weight excluding hydrogens is 470 g/mol. The van der Waals surface area contributed by atoms with Gasteiger partial charge in [-0.2, -0.15) is 0 Å². The molecule has 0 N–H and O–H groups in total. The molecule has 5 heterocycles. The Hall–Kier alpha value is -0.930. The van der Waals surface area contributed by atoms with Gasteiger partial charge in [-0.05, 0) is 79.7 Å². The summed E-state index contributed by atoms with van der Waals surface area (Å²) >= 11 is 5.29. The molecule has 0 aliphatic carbocycles. The van der Waals surface area contributed by atoms with Gasteiger partial charge < -0.3 is 18.6 Å². The van der Waals surface area contributed by atoms with Crippen molar-refractivity contribution in [1.82, 2.24) is 0 Å². The van der Waals surface area contributed by atoms with Crippen LogP contribution in [0, 0.1) is 0 Å². The van der Waals surface area contributed by atoms with E-state index < -0.39 is 0 Å². The molecule has 2 fully saturated rings. The van der Waals surface area contributed by atoms with Crippen LogP contribution in [0.2, 0.25) is 0 Å². The minimum Gasteiger partial charge on any atom is -0.399 e. The van der Waals surface area contributed by atoms with E-state index in [-0.39, 0.29) is 36.6 Å². The van der Waals surface area contributed by atoms with Crippen LogP contribution in [0.25, 0.3) is 19.5 Å². The highest BCUT2D eigenvalue weighted by Gasteiger charge is 2.53. The zero-order chi connectivity index (χ0) is 23.8. The fourth-order valence-electron chi connectivity index (χ4n) is 3.75. The Morgan fingerprint density at radius 1 is 0.455 bits per heavy atom. The minimum absolute atomic E-state index is 0.312. The lowest BCUT2D eigenvalue weighted by molar-refractivity contribution is 0.00578. The van der Waals surface area contributed by atoms with Gasteiger partial charge in [0.25, 0.3) is 0 Å². The van der Waals surface area contributed by atoms with E-state index in [0.717, 1.165) is 9.55 Å². The molecule has 0 radical (unpaired) electrons. The first-order valence-electron chi connectivity index (χ1n) is 11.3. The Morgan fingerprint density at radius 3 is 1.06 bits per heavy atom. The first-order valence-corrected chi connectivity index (χ1v) is 13.7. The van der Waals surface area contributed by atoms with Gasteiger partial charge in [-0.25, -0.2) is 0 Å². The molecule has 2 saturated heterocycles. The Bertz CT molecular complexity index is 1050. The fourth-order valence-corrected chi connectivity index (χ4v) is 6.87. The minimum atomic E-state index is -0.327. The van der Waals surface area contributed by atoms with Crippen molar-refractivity contribution >= 4 is 57.8 Å². The van der Waals surface area contributed by atoms with Crippen LogP contribution in [0.15, 0.2) is 36.4 Å². The fraction of sp³-hybridized carbons (Fsp3) is 0.500. The Labute approximate surface area is 209 Å². The molecule has 0 aromatic carbocycles. The molecule has 3 aromatic rings. The predicted octanol–water partition coefficient (Wildman–Crippen LogP) is 5.80. The molecule has 33 heavy (non-hydrogen) atoms. The van der Waals surface area contributed by atoms with Crippen LogP contribution in [-0.2, 0) is 18.6 Å². The molecule has 2 aliphatic rings. The lowest BCUT2D eigenvalue weighted by Gasteiger charge is -2.32. The maximum absolute atomic E-state index is 6.22. The van der Waals surface area contributed by atoms with Crippen LogP contribution in [0.3, 0.4) is 0 Å². The van der Waals surface area contributed by atoms with Gasteiger partial charge in [-0.3, -0.25) is 0 Å². The van der Waals surface area contributed by atoms with Gasteiger partial charge in [0, 0.05) is 29.1 Å². The number of rotatable bonds is 4. The molecular formula is C24H30B2O4S3. The van der Waals surface area contributed by atoms with Crippen LogP contribution in [0.5, 0.6) is 0 Å². The van der Waals surface area contributed by atoms with Crippen molar-refractivity contribution in [3.05, 3.63) is 36.4 Å². The highest BCUT2D eigenvalue weighted by molar-refractivity contribution is 7.31. The van der Waals surface area contributed by atoms with E-state index in [2.05, 4.69) is 91.8 Å². The van der Waals surface area contributed by atoms with E-state index >= 15 is 0 Å². The monoisotopic (exact) mass is 500 g/mol. The molecule has 0 saturated carbocycles. The van der Waals surface area contributed by atoms with Gasteiger partial charge in [0.05, 0.1) is 22.4 Å². The third-order valence-electron chi connectivity index (χ3n) is 7.32. The summed E-state index contributed by atoms with van der Waals surface area (Å²) in [5.41, 5.74) is -1.31. The first kappa shape index (κ1) is 23.8. The molecule has 0 spiro atoms. The van der Waals surface area contributed by atoms with E-state index in [4.69, 9.17) is 18.6 Å². The summed E-state index contributed by atoms with van der Waals surface area (Å²) in [5, 5.41) is 0.